The number of carboxylic acids is 1. The van der Waals surface area contributed by atoms with Gasteiger partial charge in [-0.25, -0.2) is 0 Å². The van der Waals surface area contributed by atoms with Crippen molar-refractivity contribution in [1.82, 2.24) is 15.1 Å². The fraction of sp³-hybridized carbons (Fsp3) is 0.353. The van der Waals surface area contributed by atoms with Crippen molar-refractivity contribution >= 4 is 11.9 Å². The van der Waals surface area contributed by atoms with Crippen LogP contribution in [0, 0.1) is 5.41 Å². The highest BCUT2D eigenvalue weighted by Crippen LogP contribution is 2.19. The van der Waals surface area contributed by atoms with Gasteiger partial charge in [0.2, 0.25) is 0 Å². The van der Waals surface area contributed by atoms with E-state index in [1.54, 1.807) is 24.7 Å². The Morgan fingerprint density at radius 2 is 1.96 bits per heavy atom. The summed E-state index contributed by atoms with van der Waals surface area (Å²) in [6.07, 6.45) is 3.57. The zero-order valence-corrected chi connectivity index (χ0v) is 13.3. The van der Waals surface area contributed by atoms with Crippen molar-refractivity contribution in [2.45, 2.75) is 26.8 Å². The summed E-state index contributed by atoms with van der Waals surface area (Å²) in [6.45, 7) is 4.18. The summed E-state index contributed by atoms with van der Waals surface area (Å²) in [5, 5.41) is 16.0. The normalized spacial score (nSPS) is 11.2. The molecule has 122 valence electrons. The molecular weight excluding hydrogens is 294 g/mol. The predicted molar refractivity (Wildman–Crippen MR) is 86.1 cm³/mol. The number of aliphatic carboxylic acids is 1. The monoisotopic (exact) mass is 315 g/mol. The van der Waals surface area contributed by atoms with Crippen LogP contribution in [0.15, 0.2) is 42.7 Å². The standard InChI is InChI=1S/C17H21N3O3/c1-17(2,16(22)23)8-9-18-15(21)14-10-19-20(12-14)11-13-6-4-3-5-7-13/h3-7,10,12H,8-9,11H2,1-2H3,(H,18,21)(H,22,23). The number of hydrogen-bond acceptors (Lipinski definition) is 3. The molecule has 1 heterocycles. The number of carbonyl (C=O) groups excluding carboxylic acids is 1. The lowest BCUT2D eigenvalue weighted by Gasteiger charge is -2.18. The van der Waals surface area contributed by atoms with Crippen LogP contribution in [0.25, 0.3) is 0 Å². The smallest absolute Gasteiger partial charge is 0.309 e. The molecule has 23 heavy (non-hydrogen) atoms. The quantitative estimate of drug-likeness (QED) is 0.820. The molecule has 0 aliphatic carbocycles. The number of carbonyl (C=O) groups is 2. The Balaban J connectivity index is 1.88. The van der Waals surface area contributed by atoms with E-state index in [4.69, 9.17) is 5.11 Å². The Bertz CT molecular complexity index is 677. The molecule has 2 aromatic rings. The maximum absolute atomic E-state index is 12.1. The average Bonchev–Trinajstić information content (AvgIpc) is 2.96. The van der Waals surface area contributed by atoms with Crippen molar-refractivity contribution in [2.24, 2.45) is 5.41 Å². The topological polar surface area (TPSA) is 84.2 Å². The van der Waals surface area contributed by atoms with Gasteiger partial charge in [-0.05, 0) is 25.8 Å². The van der Waals surface area contributed by atoms with Gasteiger partial charge < -0.3 is 10.4 Å². The molecule has 0 aliphatic rings. The molecule has 0 radical (unpaired) electrons. The van der Waals surface area contributed by atoms with E-state index in [9.17, 15) is 9.59 Å². The molecule has 1 aromatic carbocycles. The summed E-state index contributed by atoms with van der Waals surface area (Å²) >= 11 is 0. The van der Waals surface area contributed by atoms with Gasteiger partial charge in [0.15, 0.2) is 0 Å². The SMILES string of the molecule is CC(C)(CCNC(=O)c1cnn(Cc2ccccc2)c1)C(=O)O. The van der Waals surface area contributed by atoms with Crippen molar-refractivity contribution in [2.75, 3.05) is 6.54 Å². The molecule has 0 aliphatic heterocycles. The van der Waals surface area contributed by atoms with Crippen LogP contribution in [0.3, 0.4) is 0 Å². The highest BCUT2D eigenvalue weighted by atomic mass is 16.4. The Morgan fingerprint density at radius 3 is 2.61 bits per heavy atom. The fourth-order valence-electron chi connectivity index (χ4n) is 2.04. The minimum atomic E-state index is -0.873. The molecule has 0 saturated heterocycles. The van der Waals surface area contributed by atoms with Gasteiger partial charge in [-0.1, -0.05) is 30.3 Å². The van der Waals surface area contributed by atoms with E-state index in [2.05, 4.69) is 10.4 Å². The Labute approximate surface area is 135 Å². The lowest BCUT2D eigenvalue weighted by Crippen LogP contribution is -2.31. The van der Waals surface area contributed by atoms with Gasteiger partial charge in [-0.2, -0.15) is 5.10 Å². The first-order valence-electron chi connectivity index (χ1n) is 7.46. The first-order valence-corrected chi connectivity index (χ1v) is 7.46. The highest BCUT2D eigenvalue weighted by Gasteiger charge is 2.26. The number of nitrogens with zero attached hydrogens (tertiary/aromatic N) is 2. The van der Waals surface area contributed by atoms with Gasteiger partial charge >= 0.3 is 5.97 Å². The molecule has 1 amide bonds. The summed E-state index contributed by atoms with van der Waals surface area (Å²) < 4.78 is 1.70. The van der Waals surface area contributed by atoms with E-state index in [1.807, 2.05) is 30.3 Å². The number of amides is 1. The Kier molecular flexibility index (Phi) is 5.16. The minimum absolute atomic E-state index is 0.245. The maximum Gasteiger partial charge on any atom is 0.309 e. The summed E-state index contributed by atoms with van der Waals surface area (Å²) in [7, 11) is 0. The molecule has 0 fully saturated rings. The van der Waals surface area contributed by atoms with Crippen LogP contribution < -0.4 is 5.32 Å². The summed E-state index contributed by atoms with van der Waals surface area (Å²) in [5.74, 6) is -1.12. The van der Waals surface area contributed by atoms with Gasteiger partial charge in [-0.3, -0.25) is 14.3 Å². The molecule has 0 saturated carbocycles. The number of hydrogen-bond donors (Lipinski definition) is 2. The van der Waals surface area contributed by atoms with Crippen LogP contribution >= 0.6 is 0 Å². The molecular formula is C17H21N3O3. The zero-order valence-electron chi connectivity index (χ0n) is 13.3. The van der Waals surface area contributed by atoms with E-state index < -0.39 is 11.4 Å². The molecule has 6 nitrogen and oxygen atoms in total. The molecule has 0 unspecified atom stereocenters. The molecule has 6 heteroatoms. The number of aromatic nitrogens is 2. The number of rotatable bonds is 7. The van der Waals surface area contributed by atoms with E-state index in [0.29, 0.717) is 25.1 Å². The Hall–Kier alpha value is -2.63. The summed E-state index contributed by atoms with van der Waals surface area (Å²) in [5.41, 5.74) is 0.713. The van der Waals surface area contributed by atoms with Crippen molar-refractivity contribution in [3.8, 4) is 0 Å². The maximum atomic E-state index is 12.1. The Morgan fingerprint density at radius 1 is 1.26 bits per heavy atom. The number of benzene rings is 1. The first-order chi connectivity index (χ1) is 10.9. The molecule has 0 spiro atoms. The first kappa shape index (κ1) is 16.7. The van der Waals surface area contributed by atoms with Crippen molar-refractivity contribution in [1.29, 1.82) is 0 Å². The molecule has 2 rings (SSSR count). The number of carboxylic acid groups (broad SMARTS) is 1. The van der Waals surface area contributed by atoms with E-state index in [1.165, 1.54) is 6.20 Å². The third-order valence-corrected chi connectivity index (χ3v) is 3.70. The van der Waals surface area contributed by atoms with Crippen molar-refractivity contribution in [3.63, 3.8) is 0 Å². The zero-order chi connectivity index (χ0) is 16.9. The van der Waals surface area contributed by atoms with Crippen LogP contribution in [0.2, 0.25) is 0 Å². The van der Waals surface area contributed by atoms with Crippen LogP contribution in [0.1, 0.15) is 36.2 Å². The third kappa shape index (κ3) is 4.67. The van der Waals surface area contributed by atoms with Crippen molar-refractivity contribution < 1.29 is 14.7 Å². The molecule has 0 atom stereocenters. The second-order valence-corrected chi connectivity index (χ2v) is 6.11. The largest absolute Gasteiger partial charge is 0.481 e. The minimum Gasteiger partial charge on any atom is -0.481 e. The van der Waals surface area contributed by atoms with Crippen LogP contribution in [0.4, 0.5) is 0 Å². The molecule has 1 aromatic heterocycles. The average molecular weight is 315 g/mol. The molecule has 2 N–H and O–H groups in total. The van der Waals surface area contributed by atoms with E-state index in [0.717, 1.165) is 5.56 Å². The lowest BCUT2D eigenvalue weighted by atomic mass is 9.90. The van der Waals surface area contributed by atoms with Gasteiger partial charge in [0.25, 0.3) is 5.91 Å². The van der Waals surface area contributed by atoms with Gasteiger partial charge in [0.1, 0.15) is 0 Å². The third-order valence-electron chi connectivity index (χ3n) is 3.70. The predicted octanol–water partition coefficient (Wildman–Crippen LogP) is 2.16. The second kappa shape index (κ2) is 7.09. The second-order valence-electron chi connectivity index (χ2n) is 6.11. The van der Waals surface area contributed by atoms with E-state index >= 15 is 0 Å². The van der Waals surface area contributed by atoms with Crippen molar-refractivity contribution in [3.05, 3.63) is 53.9 Å². The van der Waals surface area contributed by atoms with E-state index in [-0.39, 0.29) is 5.91 Å². The fourth-order valence-corrected chi connectivity index (χ4v) is 2.04. The lowest BCUT2D eigenvalue weighted by molar-refractivity contribution is -0.147. The summed E-state index contributed by atoms with van der Waals surface area (Å²) in [6, 6.07) is 9.85. The van der Waals surface area contributed by atoms with Crippen LogP contribution in [-0.4, -0.2) is 33.3 Å². The number of nitrogens with one attached hydrogen (secondary N) is 1. The van der Waals surface area contributed by atoms with Crippen LogP contribution in [0.5, 0.6) is 0 Å². The van der Waals surface area contributed by atoms with Gasteiger partial charge in [0, 0.05) is 12.7 Å². The van der Waals surface area contributed by atoms with Gasteiger partial charge in [0.05, 0.1) is 23.7 Å². The highest BCUT2D eigenvalue weighted by molar-refractivity contribution is 5.93. The molecule has 0 bridgehead atoms. The van der Waals surface area contributed by atoms with Gasteiger partial charge in [-0.15, -0.1) is 0 Å². The van der Waals surface area contributed by atoms with Crippen LogP contribution in [-0.2, 0) is 11.3 Å². The summed E-state index contributed by atoms with van der Waals surface area (Å²) in [4.78, 5) is 23.1.